The van der Waals surface area contributed by atoms with Gasteiger partial charge in [-0.25, -0.2) is 9.37 Å². The van der Waals surface area contributed by atoms with Crippen LogP contribution in [-0.4, -0.2) is 60.4 Å². The quantitative estimate of drug-likeness (QED) is 0.872. The van der Waals surface area contributed by atoms with Crippen molar-refractivity contribution in [2.24, 2.45) is 0 Å². The number of benzene rings is 1. The first-order valence-corrected chi connectivity index (χ1v) is 8.52. The summed E-state index contributed by atoms with van der Waals surface area (Å²) in [4.78, 5) is 8.82. The molecule has 1 fully saturated rings. The Hall–Kier alpha value is -1.70. The van der Waals surface area contributed by atoms with Gasteiger partial charge in [-0.15, -0.1) is 11.3 Å². The second-order valence-electron chi connectivity index (χ2n) is 5.52. The van der Waals surface area contributed by atoms with E-state index in [9.17, 15) is 9.50 Å². The lowest BCUT2D eigenvalue weighted by atomic mass is 10.2. The van der Waals surface area contributed by atoms with Crippen molar-refractivity contribution in [2.75, 3.05) is 44.2 Å². The minimum absolute atomic E-state index is 0.207. The van der Waals surface area contributed by atoms with E-state index in [1.807, 2.05) is 11.6 Å². The smallest absolute Gasteiger partial charge is 0.185 e. The van der Waals surface area contributed by atoms with Crippen molar-refractivity contribution >= 4 is 16.5 Å². The fourth-order valence-electron chi connectivity index (χ4n) is 2.57. The molecule has 1 N–H and O–H groups in total. The minimum atomic E-state index is -0.563. The van der Waals surface area contributed by atoms with E-state index in [-0.39, 0.29) is 12.4 Å². The Balaban J connectivity index is 1.39. The number of rotatable bonds is 6. The van der Waals surface area contributed by atoms with Crippen molar-refractivity contribution in [3.05, 3.63) is 41.7 Å². The molecule has 0 spiro atoms. The van der Waals surface area contributed by atoms with Crippen LogP contribution in [0.25, 0.3) is 0 Å². The van der Waals surface area contributed by atoms with E-state index in [0.717, 1.165) is 31.3 Å². The van der Waals surface area contributed by atoms with E-state index in [1.165, 1.54) is 12.1 Å². The molecule has 0 aliphatic carbocycles. The molecule has 0 amide bonds. The first kappa shape index (κ1) is 16.2. The van der Waals surface area contributed by atoms with Gasteiger partial charge in [-0.3, -0.25) is 4.90 Å². The van der Waals surface area contributed by atoms with Crippen LogP contribution in [0.3, 0.4) is 0 Å². The van der Waals surface area contributed by atoms with E-state index in [2.05, 4.69) is 14.8 Å². The second kappa shape index (κ2) is 7.72. The third-order valence-corrected chi connectivity index (χ3v) is 4.62. The second-order valence-corrected chi connectivity index (χ2v) is 6.39. The average Bonchev–Trinajstić information content (AvgIpc) is 3.09. The molecule has 1 aromatic carbocycles. The number of β-amino-alcohol motifs (C(OH)–C–C–N with tert-alkyl or cyclic N) is 1. The van der Waals surface area contributed by atoms with Crippen LogP contribution in [-0.2, 0) is 0 Å². The summed E-state index contributed by atoms with van der Waals surface area (Å²) in [6.45, 7) is 4.41. The number of aliphatic hydroxyl groups is 1. The standard InChI is InChI=1S/C16H20FN3O2S/c17-13-1-3-15(4-2-13)22-12-14(21)11-19-6-8-20(9-7-19)16-18-5-10-23-16/h1-5,10,14,21H,6-9,11-12H2. The largest absolute Gasteiger partial charge is 0.491 e. The number of nitrogens with zero attached hydrogens (tertiary/aromatic N) is 3. The zero-order valence-corrected chi connectivity index (χ0v) is 13.6. The fourth-order valence-corrected chi connectivity index (χ4v) is 3.26. The molecular weight excluding hydrogens is 317 g/mol. The SMILES string of the molecule is OC(COc1ccc(F)cc1)CN1CCN(c2nccs2)CC1. The molecule has 2 aromatic rings. The molecule has 7 heteroatoms. The molecule has 5 nitrogen and oxygen atoms in total. The van der Waals surface area contributed by atoms with Crippen LogP contribution in [0.4, 0.5) is 9.52 Å². The van der Waals surface area contributed by atoms with Crippen molar-refractivity contribution in [1.82, 2.24) is 9.88 Å². The van der Waals surface area contributed by atoms with Crippen molar-refractivity contribution in [3.63, 3.8) is 0 Å². The van der Waals surface area contributed by atoms with E-state index in [4.69, 9.17) is 4.74 Å². The summed E-state index contributed by atoms with van der Waals surface area (Å²) in [6, 6.07) is 5.82. The number of aliphatic hydroxyl groups excluding tert-OH is 1. The van der Waals surface area contributed by atoms with Crippen LogP contribution in [0.1, 0.15) is 0 Å². The molecule has 1 aliphatic heterocycles. The highest BCUT2D eigenvalue weighted by Gasteiger charge is 2.20. The predicted molar refractivity (Wildman–Crippen MR) is 88.7 cm³/mol. The van der Waals surface area contributed by atoms with Crippen LogP contribution in [0.5, 0.6) is 5.75 Å². The number of aromatic nitrogens is 1. The van der Waals surface area contributed by atoms with Gasteiger partial charge in [0.2, 0.25) is 0 Å². The Morgan fingerprint density at radius 2 is 1.96 bits per heavy atom. The van der Waals surface area contributed by atoms with Crippen LogP contribution >= 0.6 is 11.3 Å². The topological polar surface area (TPSA) is 48.8 Å². The molecule has 0 radical (unpaired) electrons. The molecule has 3 rings (SSSR count). The zero-order valence-electron chi connectivity index (χ0n) is 12.8. The Bertz CT molecular complexity index is 586. The van der Waals surface area contributed by atoms with E-state index in [0.29, 0.717) is 12.3 Å². The van der Waals surface area contributed by atoms with Crippen molar-refractivity contribution in [3.8, 4) is 5.75 Å². The Morgan fingerprint density at radius 1 is 1.22 bits per heavy atom. The van der Waals surface area contributed by atoms with Gasteiger partial charge in [0.05, 0.1) is 0 Å². The highest BCUT2D eigenvalue weighted by Crippen LogP contribution is 2.19. The summed E-state index contributed by atoms with van der Waals surface area (Å²) in [5.74, 6) is 0.273. The van der Waals surface area contributed by atoms with Crippen molar-refractivity contribution in [2.45, 2.75) is 6.10 Å². The summed E-state index contributed by atoms with van der Waals surface area (Å²) in [5.41, 5.74) is 0. The van der Waals surface area contributed by atoms with Crippen molar-refractivity contribution < 1.29 is 14.2 Å². The molecule has 1 aliphatic rings. The highest BCUT2D eigenvalue weighted by atomic mass is 32.1. The Morgan fingerprint density at radius 3 is 2.61 bits per heavy atom. The lowest BCUT2D eigenvalue weighted by Crippen LogP contribution is -2.49. The number of hydrogen-bond acceptors (Lipinski definition) is 6. The maximum absolute atomic E-state index is 12.8. The lowest BCUT2D eigenvalue weighted by molar-refractivity contribution is 0.0663. The molecule has 0 saturated carbocycles. The first-order valence-electron chi connectivity index (χ1n) is 7.64. The van der Waals surface area contributed by atoms with E-state index >= 15 is 0 Å². The normalized spacial score (nSPS) is 17.2. The number of piperazine rings is 1. The van der Waals surface area contributed by atoms with Gasteiger partial charge in [0.15, 0.2) is 5.13 Å². The lowest BCUT2D eigenvalue weighted by Gasteiger charge is -2.35. The third-order valence-electron chi connectivity index (χ3n) is 3.79. The van der Waals surface area contributed by atoms with Gasteiger partial charge in [-0.2, -0.15) is 0 Å². The average molecular weight is 337 g/mol. The highest BCUT2D eigenvalue weighted by molar-refractivity contribution is 7.13. The fraction of sp³-hybridized carbons (Fsp3) is 0.438. The first-order chi connectivity index (χ1) is 11.2. The Labute approximate surface area is 138 Å². The summed E-state index contributed by atoms with van der Waals surface area (Å²) >= 11 is 1.65. The summed E-state index contributed by atoms with van der Waals surface area (Å²) in [5, 5.41) is 13.1. The number of halogens is 1. The molecular formula is C16H20FN3O2S. The van der Waals surface area contributed by atoms with Crippen LogP contribution in [0.15, 0.2) is 35.8 Å². The molecule has 0 bridgehead atoms. The molecule has 1 saturated heterocycles. The van der Waals surface area contributed by atoms with Crippen LogP contribution < -0.4 is 9.64 Å². The molecule has 124 valence electrons. The van der Waals surface area contributed by atoms with Gasteiger partial charge in [-0.1, -0.05) is 0 Å². The van der Waals surface area contributed by atoms with Gasteiger partial charge in [0.1, 0.15) is 24.3 Å². The van der Waals surface area contributed by atoms with Gasteiger partial charge >= 0.3 is 0 Å². The summed E-state index contributed by atoms with van der Waals surface area (Å²) in [7, 11) is 0. The van der Waals surface area contributed by atoms with Gasteiger partial charge < -0.3 is 14.7 Å². The van der Waals surface area contributed by atoms with Crippen LogP contribution in [0, 0.1) is 5.82 Å². The number of ether oxygens (including phenoxy) is 1. The summed E-state index contributed by atoms with van der Waals surface area (Å²) in [6.07, 6.45) is 1.26. The molecule has 1 unspecified atom stereocenters. The monoisotopic (exact) mass is 337 g/mol. The molecule has 1 aromatic heterocycles. The zero-order chi connectivity index (χ0) is 16.1. The predicted octanol–water partition coefficient (Wildman–Crippen LogP) is 1.84. The maximum Gasteiger partial charge on any atom is 0.185 e. The van der Waals surface area contributed by atoms with E-state index in [1.54, 1.807) is 23.5 Å². The molecule has 23 heavy (non-hydrogen) atoms. The third kappa shape index (κ3) is 4.63. The maximum atomic E-state index is 12.8. The number of hydrogen-bond donors (Lipinski definition) is 1. The molecule has 1 atom stereocenters. The Kier molecular flexibility index (Phi) is 5.43. The summed E-state index contributed by atoms with van der Waals surface area (Å²) < 4.78 is 18.3. The minimum Gasteiger partial charge on any atom is -0.491 e. The van der Waals surface area contributed by atoms with Gasteiger partial charge in [-0.05, 0) is 24.3 Å². The van der Waals surface area contributed by atoms with Crippen LogP contribution in [0.2, 0.25) is 0 Å². The van der Waals surface area contributed by atoms with Gasteiger partial charge in [0.25, 0.3) is 0 Å². The van der Waals surface area contributed by atoms with Crippen molar-refractivity contribution in [1.29, 1.82) is 0 Å². The van der Waals surface area contributed by atoms with E-state index < -0.39 is 6.10 Å². The number of thiazole rings is 1. The van der Waals surface area contributed by atoms with Gasteiger partial charge in [0, 0.05) is 44.3 Å². The number of anilines is 1. The molecule has 2 heterocycles.